The second-order valence-electron chi connectivity index (χ2n) is 4.39. The summed E-state index contributed by atoms with van der Waals surface area (Å²) in [6.45, 7) is 8.46. The van der Waals surface area contributed by atoms with Crippen molar-refractivity contribution in [3.63, 3.8) is 0 Å². The van der Waals surface area contributed by atoms with Gasteiger partial charge in [0.05, 0.1) is 12.2 Å². The zero-order chi connectivity index (χ0) is 10.9. The molecule has 5 heteroatoms. The Morgan fingerprint density at radius 2 is 1.29 bits per heavy atom. The summed E-state index contributed by atoms with van der Waals surface area (Å²) < 4.78 is 10.7. The third kappa shape index (κ3) is 2.78. The molecule has 0 aromatic heterocycles. The van der Waals surface area contributed by atoms with Crippen molar-refractivity contribution in [2.75, 3.05) is 0 Å². The van der Waals surface area contributed by atoms with Crippen LogP contribution < -0.4 is 0 Å². The van der Waals surface area contributed by atoms with Crippen LogP contribution in [0.4, 0.5) is 0 Å². The molecular weight excluding hydrogens is 222 g/mol. The van der Waals surface area contributed by atoms with Gasteiger partial charge in [0, 0.05) is 0 Å². The van der Waals surface area contributed by atoms with Gasteiger partial charge in [-0.25, -0.2) is 0 Å². The largest absolute Gasteiger partial charge is 0.492 e. The van der Waals surface area contributed by atoms with E-state index >= 15 is 0 Å². The highest BCUT2D eigenvalue weighted by molar-refractivity contribution is 6.73. The van der Waals surface area contributed by atoms with Crippen molar-refractivity contribution in [1.82, 2.24) is 0 Å². The van der Waals surface area contributed by atoms with E-state index < -0.39 is 11.9 Å². The number of hydrogen-bond donors (Lipinski definition) is 0. The first kappa shape index (κ1) is 12.6. The molecule has 0 bridgehead atoms. The van der Waals surface area contributed by atoms with Crippen LogP contribution in [0, 0.1) is 11.8 Å². The molecule has 0 aromatic carbocycles. The molecule has 1 aliphatic heterocycles. The quantitative estimate of drug-likeness (QED) is 0.556. The molecule has 0 spiro atoms. The number of hydrogen-bond acceptors (Lipinski definition) is 2. The molecule has 1 saturated heterocycles. The van der Waals surface area contributed by atoms with Crippen molar-refractivity contribution in [3.05, 3.63) is 0 Å². The first-order valence-electron chi connectivity index (χ1n) is 5.02. The van der Waals surface area contributed by atoms with Crippen LogP contribution in [-0.4, -0.2) is 24.1 Å². The number of alkyl halides is 2. The Bertz CT molecular complexity index is 172. The SMILES string of the molecule is CC(C)[C@H]1OB(C(Cl)Cl)O[C@@H]1C(C)C. The Labute approximate surface area is 96.4 Å². The number of rotatable bonds is 3. The Kier molecular flexibility index (Phi) is 4.57. The van der Waals surface area contributed by atoms with Crippen molar-refractivity contribution in [1.29, 1.82) is 0 Å². The predicted octanol–water partition coefficient (Wildman–Crippen LogP) is 2.91. The summed E-state index contributed by atoms with van der Waals surface area (Å²) in [5.41, 5.74) is 0. The van der Waals surface area contributed by atoms with E-state index in [0.717, 1.165) is 0 Å². The van der Waals surface area contributed by atoms with Crippen LogP contribution in [0.2, 0.25) is 0 Å². The highest BCUT2D eigenvalue weighted by Crippen LogP contribution is 2.30. The zero-order valence-electron chi connectivity index (χ0n) is 9.04. The molecule has 0 aromatic rings. The fourth-order valence-corrected chi connectivity index (χ4v) is 1.93. The molecule has 0 radical (unpaired) electrons. The second kappa shape index (κ2) is 5.06. The Morgan fingerprint density at radius 3 is 1.50 bits per heavy atom. The van der Waals surface area contributed by atoms with E-state index in [9.17, 15) is 0 Å². The summed E-state index contributed by atoms with van der Waals surface area (Å²) in [6, 6.07) is 0. The monoisotopic (exact) mass is 238 g/mol. The van der Waals surface area contributed by atoms with Crippen molar-refractivity contribution >= 4 is 30.3 Å². The van der Waals surface area contributed by atoms with Crippen LogP contribution in [0.5, 0.6) is 0 Å². The van der Waals surface area contributed by atoms with Crippen LogP contribution in [0.25, 0.3) is 0 Å². The minimum Gasteiger partial charge on any atom is -0.404 e. The topological polar surface area (TPSA) is 18.5 Å². The normalized spacial score (nSPS) is 28.5. The van der Waals surface area contributed by atoms with Crippen LogP contribution in [-0.2, 0) is 9.31 Å². The lowest BCUT2D eigenvalue weighted by molar-refractivity contribution is 0.0815. The minimum absolute atomic E-state index is 0.0972. The summed E-state index contributed by atoms with van der Waals surface area (Å²) in [5, 5.41) is 0. The Morgan fingerprint density at radius 1 is 0.929 bits per heavy atom. The lowest BCUT2D eigenvalue weighted by Gasteiger charge is -2.24. The van der Waals surface area contributed by atoms with Gasteiger partial charge in [0.25, 0.3) is 0 Å². The fraction of sp³-hybridized carbons (Fsp3) is 1.00. The van der Waals surface area contributed by atoms with Gasteiger partial charge in [-0.2, -0.15) is 0 Å². The maximum Gasteiger partial charge on any atom is 0.492 e. The molecule has 0 saturated carbocycles. The summed E-state index contributed by atoms with van der Waals surface area (Å²) in [7, 11) is -0.474. The van der Waals surface area contributed by atoms with Gasteiger partial charge < -0.3 is 9.31 Å². The molecule has 0 amide bonds. The highest BCUT2D eigenvalue weighted by Gasteiger charge is 2.45. The van der Waals surface area contributed by atoms with Crippen molar-refractivity contribution < 1.29 is 9.31 Å². The fourth-order valence-electron chi connectivity index (χ4n) is 1.69. The average Bonchev–Trinajstić information content (AvgIpc) is 2.47. The van der Waals surface area contributed by atoms with Gasteiger partial charge in [0.1, 0.15) is 4.74 Å². The Balaban J connectivity index is 2.65. The van der Waals surface area contributed by atoms with Gasteiger partial charge in [-0.1, -0.05) is 27.7 Å². The van der Waals surface area contributed by atoms with Gasteiger partial charge in [0.2, 0.25) is 0 Å². The smallest absolute Gasteiger partial charge is 0.404 e. The highest BCUT2D eigenvalue weighted by atomic mass is 35.5. The van der Waals surface area contributed by atoms with E-state index in [1.54, 1.807) is 0 Å². The first-order valence-corrected chi connectivity index (χ1v) is 5.89. The third-order valence-corrected chi connectivity index (χ3v) is 2.84. The van der Waals surface area contributed by atoms with E-state index in [0.29, 0.717) is 11.8 Å². The molecule has 2 atom stereocenters. The maximum absolute atomic E-state index is 5.74. The van der Waals surface area contributed by atoms with Crippen LogP contribution >= 0.6 is 23.2 Å². The Hall–Kier alpha value is 0.565. The molecule has 0 unspecified atom stereocenters. The zero-order valence-corrected chi connectivity index (χ0v) is 10.5. The van der Waals surface area contributed by atoms with Crippen LogP contribution in [0.3, 0.4) is 0 Å². The van der Waals surface area contributed by atoms with Crippen molar-refractivity contribution in [2.45, 2.75) is 44.6 Å². The van der Waals surface area contributed by atoms with E-state index in [1.165, 1.54) is 0 Å². The van der Waals surface area contributed by atoms with Crippen molar-refractivity contribution in [3.8, 4) is 0 Å². The molecule has 2 nitrogen and oxygen atoms in total. The van der Waals surface area contributed by atoms with E-state index in [-0.39, 0.29) is 12.2 Å². The van der Waals surface area contributed by atoms with Gasteiger partial charge in [-0.3, -0.25) is 0 Å². The lowest BCUT2D eigenvalue weighted by Crippen LogP contribution is -2.31. The standard InChI is InChI=1S/C9H17BCl2O2/c1-5(2)7-8(6(3)4)14-10(13-7)9(11)12/h5-9H,1-4H3/t7-,8-/m1/s1. The molecule has 14 heavy (non-hydrogen) atoms. The van der Waals surface area contributed by atoms with E-state index in [2.05, 4.69) is 27.7 Å². The van der Waals surface area contributed by atoms with Crippen LogP contribution in [0.15, 0.2) is 0 Å². The first-order chi connectivity index (χ1) is 6.43. The van der Waals surface area contributed by atoms with Gasteiger partial charge in [-0.15, -0.1) is 23.2 Å². The summed E-state index contributed by atoms with van der Waals surface area (Å²) in [5.74, 6) is 0.832. The lowest BCUT2D eigenvalue weighted by atomic mass is 9.94. The molecule has 0 N–H and O–H groups in total. The molecule has 82 valence electrons. The summed E-state index contributed by atoms with van der Waals surface area (Å²) in [6.07, 6.45) is 0.194. The molecule has 1 rings (SSSR count). The van der Waals surface area contributed by atoms with Crippen molar-refractivity contribution in [2.24, 2.45) is 11.8 Å². The summed E-state index contributed by atoms with van der Waals surface area (Å²) in [4.78, 5) is 0. The van der Waals surface area contributed by atoms with E-state index in [1.807, 2.05) is 0 Å². The summed E-state index contributed by atoms with van der Waals surface area (Å²) >= 11 is 11.5. The van der Waals surface area contributed by atoms with E-state index in [4.69, 9.17) is 32.5 Å². The average molecular weight is 239 g/mol. The molecule has 0 aliphatic carbocycles. The van der Waals surface area contributed by atoms with Crippen LogP contribution in [0.1, 0.15) is 27.7 Å². The predicted molar refractivity (Wildman–Crippen MR) is 60.7 cm³/mol. The molecule has 1 aliphatic rings. The van der Waals surface area contributed by atoms with Gasteiger partial charge >= 0.3 is 7.12 Å². The van der Waals surface area contributed by atoms with Gasteiger partial charge in [-0.05, 0) is 11.8 Å². The minimum atomic E-state index is -0.611. The molecular formula is C9H17BCl2O2. The maximum atomic E-state index is 5.74. The third-order valence-electron chi connectivity index (χ3n) is 2.43. The van der Waals surface area contributed by atoms with Gasteiger partial charge in [0.15, 0.2) is 0 Å². The molecule has 1 fully saturated rings. The number of halogens is 2. The second-order valence-corrected chi connectivity index (χ2v) is 5.56. The molecule has 1 heterocycles.